The minimum absolute atomic E-state index is 0.0182. The maximum absolute atomic E-state index is 13.3. The van der Waals surface area contributed by atoms with E-state index in [2.05, 4.69) is 28.5 Å². The minimum atomic E-state index is -0.415. The summed E-state index contributed by atoms with van der Waals surface area (Å²) in [5, 5.41) is 11.9. The number of carbonyl (C=O) groups excluding carboxylic acids is 2. The molecular formula is C24H27N5O2S2. The Bertz CT molecular complexity index is 1220. The van der Waals surface area contributed by atoms with E-state index in [9.17, 15) is 9.59 Å². The fourth-order valence-corrected chi connectivity index (χ4v) is 6.65. The molecule has 0 saturated heterocycles. The summed E-state index contributed by atoms with van der Waals surface area (Å²) in [6.45, 7) is 4.14. The molecule has 2 atom stereocenters. The first kappa shape index (κ1) is 22.2. The summed E-state index contributed by atoms with van der Waals surface area (Å²) in [5.41, 5.74) is 2.84. The van der Waals surface area contributed by atoms with Gasteiger partial charge in [-0.05, 0) is 55.9 Å². The first-order valence-corrected chi connectivity index (χ1v) is 13.0. The van der Waals surface area contributed by atoms with Crippen LogP contribution in [0.15, 0.2) is 35.5 Å². The number of amides is 2. The van der Waals surface area contributed by atoms with Crippen molar-refractivity contribution in [3.8, 4) is 10.7 Å². The summed E-state index contributed by atoms with van der Waals surface area (Å²) >= 11 is 3.19. The third-order valence-corrected chi connectivity index (χ3v) is 8.84. The van der Waals surface area contributed by atoms with Gasteiger partial charge >= 0.3 is 0 Å². The van der Waals surface area contributed by atoms with E-state index in [1.165, 1.54) is 35.0 Å². The minimum Gasteiger partial charge on any atom is -0.323 e. The lowest BCUT2D eigenvalue weighted by Crippen LogP contribution is -2.45. The van der Waals surface area contributed by atoms with Crippen LogP contribution in [0.2, 0.25) is 0 Å². The predicted molar refractivity (Wildman–Crippen MR) is 133 cm³/mol. The SMILES string of the molecule is CC[C@H]1CCc2sc(-c3nnc(S[C@H](C)C(=O)N4CC(=O)Nc5ccccc54)n3C)cc2C1. The number of fused-ring (bicyclic) bond motifs is 2. The smallest absolute Gasteiger partial charge is 0.244 e. The Hall–Kier alpha value is -2.65. The van der Waals surface area contributed by atoms with Crippen molar-refractivity contribution in [1.82, 2.24) is 14.8 Å². The van der Waals surface area contributed by atoms with Crippen LogP contribution in [0.25, 0.3) is 10.7 Å². The molecule has 172 valence electrons. The van der Waals surface area contributed by atoms with Crippen LogP contribution in [0.3, 0.4) is 0 Å². The number of aromatic nitrogens is 3. The molecule has 0 fully saturated rings. The second kappa shape index (κ2) is 8.95. The molecule has 3 heterocycles. The van der Waals surface area contributed by atoms with E-state index in [1.54, 1.807) is 4.90 Å². The summed E-state index contributed by atoms with van der Waals surface area (Å²) in [7, 11) is 1.95. The highest BCUT2D eigenvalue weighted by Crippen LogP contribution is 2.38. The molecule has 7 nitrogen and oxygen atoms in total. The van der Waals surface area contributed by atoms with E-state index < -0.39 is 5.25 Å². The second-order valence-corrected chi connectivity index (χ2v) is 11.1. The molecule has 33 heavy (non-hydrogen) atoms. The van der Waals surface area contributed by atoms with Crippen LogP contribution in [-0.4, -0.2) is 38.4 Å². The molecule has 1 aliphatic carbocycles. The number of anilines is 2. The topological polar surface area (TPSA) is 80.1 Å². The number of thiophene rings is 1. The van der Waals surface area contributed by atoms with Crippen LogP contribution in [0.5, 0.6) is 0 Å². The number of hydrogen-bond donors (Lipinski definition) is 1. The Morgan fingerprint density at radius 3 is 2.97 bits per heavy atom. The number of para-hydroxylation sites is 2. The zero-order valence-electron chi connectivity index (χ0n) is 19.0. The van der Waals surface area contributed by atoms with Gasteiger partial charge in [-0.2, -0.15) is 0 Å². The van der Waals surface area contributed by atoms with Gasteiger partial charge in [0.25, 0.3) is 0 Å². The van der Waals surface area contributed by atoms with Crippen molar-refractivity contribution in [3.05, 3.63) is 40.8 Å². The van der Waals surface area contributed by atoms with Crippen molar-refractivity contribution in [1.29, 1.82) is 0 Å². The van der Waals surface area contributed by atoms with Gasteiger partial charge in [0.2, 0.25) is 11.8 Å². The average Bonchev–Trinajstić information content (AvgIpc) is 3.40. The average molecular weight is 482 g/mol. The number of nitrogens with one attached hydrogen (secondary N) is 1. The molecule has 0 bridgehead atoms. The van der Waals surface area contributed by atoms with E-state index in [1.807, 2.05) is 54.1 Å². The van der Waals surface area contributed by atoms with Crippen molar-refractivity contribution in [2.75, 3.05) is 16.8 Å². The summed E-state index contributed by atoms with van der Waals surface area (Å²) in [4.78, 5) is 29.5. The molecule has 0 radical (unpaired) electrons. The van der Waals surface area contributed by atoms with E-state index in [0.717, 1.165) is 35.1 Å². The van der Waals surface area contributed by atoms with Gasteiger partial charge in [0.1, 0.15) is 6.54 Å². The molecular weight excluding hydrogens is 454 g/mol. The van der Waals surface area contributed by atoms with Gasteiger partial charge < -0.3 is 9.88 Å². The second-order valence-electron chi connectivity index (χ2n) is 8.69. The lowest BCUT2D eigenvalue weighted by Gasteiger charge is -2.30. The van der Waals surface area contributed by atoms with E-state index in [-0.39, 0.29) is 18.4 Å². The Kier molecular flexibility index (Phi) is 6.01. The Morgan fingerprint density at radius 2 is 2.15 bits per heavy atom. The molecule has 1 aromatic carbocycles. The fourth-order valence-electron chi connectivity index (χ4n) is 4.55. The van der Waals surface area contributed by atoms with Crippen LogP contribution < -0.4 is 10.2 Å². The standard InChI is InChI=1S/C24H27N5O2S2/c1-4-15-9-10-19-16(11-15)12-20(33-19)22-26-27-24(28(22)3)32-14(2)23(31)29-13-21(30)25-17-7-5-6-8-18(17)29/h5-8,12,14-15H,4,9-11,13H2,1-3H3,(H,25,30)/t14-,15+/m1/s1. The third kappa shape index (κ3) is 4.19. The Balaban J connectivity index is 1.34. The maximum atomic E-state index is 13.3. The van der Waals surface area contributed by atoms with Crippen molar-refractivity contribution < 1.29 is 9.59 Å². The van der Waals surface area contributed by atoms with Gasteiger partial charge in [0.15, 0.2) is 11.0 Å². The van der Waals surface area contributed by atoms with Crippen LogP contribution in [-0.2, 0) is 29.5 Å². The Morgan fingerprint density at radius 1 is 1.33 bits per heavy atom. The van der Waals surface area contributed by atoms with Crippen molar-refractivity contribution in [2.45, 2.75) is 49.9 Å². The number of hydrogen-bond acceptors (Lipinski definition) is 6. The van der Waals surface area contributed by atoms with Crippen molar-refractivity contribution in [2.24, 2.45) is 13.0 Å². The zero-order chi connectivity index (χ0) is 23.1. The molecule has 1 aliphatic heterocycles. The van der Waals surface area contributed by atoms with E-state index in [0.29, 0.717) is 10.8 Å². The highest BCUT2D eigenvalue weighted by atomic mass is 32.2. The summed E-state index contributed by atoms with van der Waals surface area (Å²) in [6, 6.07) is 9.65. The quantitative estimate of drug-likeness (QED) is 0.542. The highest BCUT2D eigenvalue weighted by molar-refractivity contribution is 8.00. The zero-order valence-corrected chi connectivity index (χ0v) is 20.6. The predicted octanol–water partition coefficient (Wildman–Crippen LogP) is 4.52. The number of thioether (sulfide) groups is 1. The number of carbonyl (C=O) groups is 2. The largest absolute Gasteiger partial charge is 0.323 e. The number of aryl methyl sites for hydroxylation is 1. The van der Waals surface area contributed by atoms with Gasteiger partial charge in [-0.15, -0.1) is 21.5 Å². The molecule has 2 aliphatic rings. The normalized spacial score (nSPS) is 18.5. The van der Waals surface area contributed by atoms with Gasteiger partial charge in [-0.1, -0.05) is 37.2 Å². The van der Waals surface area contributed by atoms with E-state index in [4.69, 9.17) is 0 Å². The number of nitrogens with zero attached hydrogens (tertiary/aromatic N) is 4. The molecule has 0 unspecified atom stereocenters. The van der Waals surface area contributed by atoms with Crippen LogP contribution in [0, 0.1) is 5.92 Å². The van der Waals surface area contributed by atoms with E-state index >= 15 is 0 Å². The molecule has 2 amide bonds. The van der Waals surface area contributed by atoms with Crippen molar-refractivity contribution >= 4 is 46.3 Å². The van der Waals surface area contributed by atoms with Crippen LogP contribution in [0.4, 0.5) is 11.4 Å². The van der Waals surface area contributed by atoms with Crippen LogP contribution >= 0.6 is 23.1 Å². The molecule has 3 aromatic rings. The van der Waals surface area contributed by atoms with Gasteiger partial charge in [-0.25, -0.2) is 0 Å². The molecule has 9 heteroatoms. The van der Waals surface area contributed by atoms with Crippen LogP contribution in [0.1, 0.15) is 37.1 Å². The molecule has 5 rings (SSSR count). The summed E-state index contributed by atoms with van der Waals surface area (Å²) in [5.74, 6) is 1.31. The third-order valence-electron chi connectivity index (χ3n) is 6.48. The first-order chi connectivity index (χ1) is 15.9. The molecule has 0 spiro atoms. The lowest BCUT2D eigenvalue weighted by atomic mass is 9.87. The number of benzene rings is 1. The van der Waals surface area contributed by atoms with Gasteiger partial charge in [0, 0.05) is 11.9 Å². The lowest BCUT2D eigenvalue weighted by molar-refractivity contribution is -0.121. The highest BCUT2D eigenvalue weighted by Gasteiger charge is 2.31. The van der Waals surface area contributed by atoms with Crippen molar-refractivity contribution in [3.63, 3.8) is 0 Å². The molecule has 0 saturated carbocycles. The summed E-state index contributed by atoms with van der Waals surface area (Å²) < 4.78 is 1.97. The van der Waals surface area contributed by atoms with Gasteiger partial charge in [-0.3, -0.25) is 14.5 Å². The summed E-state index contributed by atoms with van der Waals surface area (Å²) in [6.07, 6.45) is 4.79. The van der Waals surface area contributed by atoms with Gasteiger partial charge in [0.05, 0.1) is 21.5 Å². The monoisotopic (exact) mass is 481 g/mol. The molecule has 1 N–H and O–H groups in total. The fraction of sp³-hybridized carbons (Fsp3) is 0.417. The molecule has 2 aromatic heterocycles. The first-order valence-electron chi connectivity index (χ1n) is 11.3. The Labute approximate surface area is 201 Å². The number of rotatable bonds is 5. The maximum Gasteiger partial charge on any atom is 0.244 e.